The van der Waals surface area contributed by atoms with Crippen LogP contribution in [0.4, 0.5) is 26.2 Å². The van der Waals surface area contributed by atoms with Crippen molar-refractivity contribution in [2.45, 2.75) is 6.43 Å². The topological polar surface area (TPSA) is 98.2 Å². The third kappa shape index (κ3) is 2.72. The molecule has 0 aromatic carbocycles. The number of nitrogens with zero attached hydrogens (tertiary/aromatic N) is 4. The molecule has 0 spiro atoms. The lowest BCUT2D eigenvalue weighted by atomic mass is 10.4. The molecule has 0 saturated carbocycles. The van der Waals surface area contributed by atoms with Crippen LogP contribution in [-0.4, -0.2) is 34.9 Å². The predicted octanol–water partition coefficient (Wildman–Crippen LogP) is 0.668. The van der Waals surface area contributed by atoms with Crippen molar-refractivity contribution in [3.05, 3.63) is 16.3 Å². The Labute approximate surface area is 89.0 Å². The van der Waals surface area contributed by atoms with E-state index in [-0.39, 0.29) is 11.8 Å². The zero-order valence-electron chi connectivity index (χ0n) is 8.30. The van der Waals surface area contributed by atoms with Gasteiger partial charge in [0.05, 0.1) is 11.5 Å². The Balaban J connectivity index is 3.09. The van der Waals surface area contributed by atoms with Crippen LogP contribution in [-0.2, 0) is 0 Å². The number of rotatable bonds is 4. The first-order chi connectivity index (χ1) is 7.41. The molecule has 1 heterocycles. The predicted molar refractivity (Wildman–Crippen MR) is 52.4 cm³/mol. The van der Waals surface area contributed by atoms with Crippen LogP contribution in [0.25, 0.3) is 0 Å². The number of halogens is 2. The van der Waals surface area contributed by atoms with Crippen LogP contribution in [0.2, 0.25) is 0 Å². The molecule has 0 aliphatic heterocycles. The summed E-state index contributed by atoms with van der Waals surface area (Å²) < 4.78 is 24.2. The van der Waals surface area contributed by atoms with Crippen LogP contribution in [0.5, 0.6) is 0 Å². The molecular weight excluding hydrogens is 224 g/mol. The lowest BCUT2D eigenvalue weighted by Crippen LogP contribution is -2.26. The van der Waals surface area contributed by atoms with Crippen LogP contribution in [0, 0.1) is 10.1 Å². The Morgan fingerprint density at radius 3 is 2.81 bits per heavy atom. The van der Waals surface area contributed by atoms with E-state index in [9.17, 15) is 18.9 Å². The minimum atomic E-state index is -2.62. The minimum absolute atomic E-state index is 0.207. The molecule has 0 atom stereocenters. The molecule has 0 radical (unpaired) electrons. The molecule has 0 aliphatic rings. The molecule has 0 unspecified atom stereocenters. The van der Waals surface area contributed by atoms with Crippen molar-refractivity contribution in [2.75, 3.05) is 24.2 Å². The van der Waals surface area contributed by atoms with E-state index >= 15 is 0 Å². The number of anilines is 2. The molecule has 1 aromatic rings. The van der Waals surface area contributed by atoms with Gasteiger partial charge in [0.15, 0.2) is 0 Å². The average Bonchev–Trinajstić information content (AvgIpc) is 2.15. The smallest absolute Gasteiger partial charge is 0.329 e. The van der Waals surface area contributed by atoms with Gasteiger partial charge in [-0.1, -0.05) is 0 Å². The molecule has 0 saturated heterocycles. The monoisotopic (exact) mass is 233 g/mol. The third-order valence-electron chi connectivity index (χ3n) is 1.74. The lowest BCUT2D eigenvalue weighted by Gasteiger charge is -2.16. The lowest BCUT2D eigenvalue weighted by molar-refractivity contribution is -0.384. The van der Waals surface area contributed by atoms with Crippen molar-refractivity contribution in [2.24, 2.45) is 0 Å². The maximum absolute atomic E-state index is 12.1. The quantitative estimate of drug-likeness (QED) is 0.606. The molecular formula is C7H9F2N5O2. The number of hydrogen-bond donors (Lipinski definition) is 1. The van der Waals surface area contributed by atoms with Crippen molar-refractivity contribution in [1.82, 2.24) is 9.97 Å². The van der Waals surface area contributed by atoms with Crippen LogP contribution >= 0.6 is 0 Å². The van der Waals surface area contributed by atoms with Gasteiger partial charge in [-0.2, -0.15) is 4.98 Å². The normalized spacial score (nSPS) is 10.5. The molecule has 0 fully saturated rings. The summed E-state index contributed by atoms with van der Waals surface area (Å²) >= 11 is 0. The Morgan fingerprint density at radius 2 is 2.31 bits per heavy atom. The zero-order chi connectivity index (χ0) is 12.3. The standard InChI is InChI=1S/C7H9F2N5O2/c1-13(3-5(8)9)6-4(14(15)16)2-11-7(10)12-6/h2,5H,3H2,1H3,(H2,10,11,12). The molecule has 16 heavy (non-hydrogen) atoms. The van der Waals surface area contributed by atoms with Crippen LogP contribution in [0.1, 0.15) is 0 Å². The maximum atomic E-state index is 12.1. The molecule has 0 bridgehead atoms. The second-order valence-electron chi connectivity index (χ2n) is 2.97. The highest BCUT2D eigenvalue weighted by Gasteiger charge is 2.21. The van der Waals surface area contributed by atoms with E-state index in [4.69, 9.17) is 5.73 Å². The fourth-order valence-electron chi connectivity index (χ4n) is 1.08. The molecule has 2 N–H and O–H groups in total. The van der Waals surface area contributed by atoms with E-state index in [1.807, 2.05) is 0 Å². The van der Waals surface area contributed by atoms with Gasteiger partial charge in [-0.05, 0) is 0 Å². The number of aromatic nitrogens is 2. The van der Waals surface area contributed by atoms with E-state index in [2.05, 4.69) is 9.97 Å². The highest BCUT2D eigenvalue weighted by atomic mass is 19.3. The van der Waals surface area contributed by atoms with E-state index in [1.165, 1.54) is 7.05 Å². The fourth-order valence-corrected chi connectivity index (χ4v) is 1.08. The maximum Gasteiger partial charge on any atom is 0.329 e. The second kappa shape index (κ2) is 4.64. The summed E-state index contributed by atoms with van der Waals surface area (Å²) in [5, 5.41) is 10.6. The van der Waals surface area contributed by atoms with Gasteiger partial charge >= 0.3 is 5.69 Å². The number of nitrogens with two attached hydrogens (primary N) is 1. The van der Waals surface area contributed by atoms with Crippen molar-refractivity contribution in [3.8, 4) is 0 Å². The first kappa shape index (κ1) is 12.0. The van der Waals surface area contributed by atoms with Crippen molar-refractivity contribution < 1.29 is 13.7 Å². The number of nitro groups is 1. The molecule has 88 valence electrons. The van der Waals surface area contributed by atoms with E-state index in [1.54, 1.807) is 0 Å². The van der Waals surface area contributed by atoms with Crippen LogP contribution in [0.15, 0.2) is 6.20 Å². The third-order valence-corrected chi connectivity index (χ3v) is 1.74. The largest absolute Gasteiger partial charge is 0.368 e. The highest BCUT2D eigenvalue weighted by Crippen LogP contribution is 2.24. The first-order valence-corrected chi connectivity index (χ1v) is 4.18. The molecule has 1 aromatic heterocycles. The minimum Gasteiger partial charge on any atom is -0.368 e. The summed E-state index contributed by atoms with van der Waals surface area (Å²) in [6.45, 7) is -0.669. The van der Waals surface area contributed by atoms with Gasteiger partial charge in [0.1, 0.15) is 6.20 Å². The SMILES string of the molecule is CN(CC(F)F)c1nc(N)ncc1[N+](=O)[O-]. The zero-order valence-corrected chi connectivity index (χ0v) is 8.30. The van der Waals surface area contributed by atoms with Crippen molar-refractivity contribution in [1.29, 1.82) is 0 Å². The van der Waals surface area contributed by atoms with Gasteiger partial charge in [-0.3, -0.25) is 10.1 Å². The van der Waals surface area contributed by atoms with Crippen LogP contribution < -0.4 is 10.6 Å². The van der Waals surface area contributed by atoms with Crippen molar-refractivity contribution in [3.63, 3.8) is 0 Å². The average molecular weight is 233 g/mol. The van der Waals surface area contributed by atoms with E-state index < -0.39 is 23.6 Å². The van der Waals surface area contributed by atoms with Gasteiger partial charge in [0, 0.05) is 7.05 Å². The van der Waals surface area contributed by atoms with Gasteiger partial charge in [-0.25, -0.2) is 13.8 Å². The van der Waals surface area contributed by atoms with E-state index in [0.29, 0.717) is 0 Å². The summed E-state index contributed by atoms with van der Waals surface area (Å²) in [5.41, 5.74) is 4.78. The second-order valence-corrected chi connectivity index (χ2v) is 2.97. The first-order valence-electron chi connectivity index (χ1n) is 4.18. The number of nitrogen functional groups attached to an aromatic ring is 1. The summed E-state index contributed by atoms with van der Waals surface area (Å²) in [7, 11) is 1.26. The van der Waals surface area contributed by atoms with Gasteiger partial charge in [-0.15, -0.1) is 0 Å². The molecule has 9 heteroatoms. The number of alkyl halides is 2. The van der Waals surface area contributed by atoms with Gasteiger partial charge in [0.25, 0.3) is 6.43 Å². The molecule has 0 aliphatic carbocycles. The summed E-state index contributed by atoms with van der Waals surface area (Å²) in [5.74, 6) is -0.431. The summed E-state index contributed by atoms with van der Waals surface area (Å²) in [6.07, 6.45) is -1.74. The van der Waals surface area contributed by atoms with Crippen molar-refractivity contribution >= 4 is 17.5 Å². The van der Waals surface area contributed by atoms with E-state index in [0.717, 1.165) is 11.1 Å². The molecule has 1 rings (SSSR count). The Hall–Kier alpha value is -2.06. The van der Waals surface area contributed by atoms with Gasteiger partial charge < -0.3 is 10.6 Å². The molecule has 7 nitrogen and oxygen atoms in total. The number of hydrogen-bond acceptors (Lipinski definition) is 6. The Bertz CT molecular complexity index is 400. The Kier molecular flexibility index (Phi) is 3.48. The van der Waals surface area contributed by atoms with Crippen LogP contribution in [0.3, 0.4) is 0 Å². The summed E-state index contributed by atoms with van der Waals surface area (Å²) in [6, 6.07) is 0. The highest BCUT2D eigenvalue weighted by molar-refractivity contribution is 5.57. The van der Waals surface area contributed by atoms with Gasteiger partial charge in [0.2, 0.25) is 11.8 Å². The Morgan fingerprint density at radius 1 is 1.69 bits per heavy atom. The fraction of sp³-hybridized carbons (Fsp3) is 0.429. The molecule has 0 amide bonds. The summed E-state index contributed by atoms with van der Waals surface area (Å²) in [4.78, 5) is 17.8.